The maximum atomic E-state index is 6.05. The molecule has 2 aromatic rings. The maximum Gasteiger partial charge on any atom is 0.121 e. The Bertz CT molecular complexity index is 548. The third-order valence-electron chi connectivity index (χ3n) is 2.50. The van der Waals surface area contributed by atoms with E-state index >= 15 is 0 Å². The zero-order chi connectivity index (χ0) is 13.0. The minimum Gasteiger partial charge on any atom is -0.497 e. The minimum absolute atomic E-state index is 0.632. The van der Waals surface area contributed by atoms with Crippen molar-refractivity contribution in [2.45, 2.75) is 6.54 Å². The van der Waals surface area contributed by atoms with Crippen molar-refractivity contribution in [3.63, 3.8) is 0 Å². The highest BCUT2D eigenvalue weighted by Crippen LogP contribution is 2.28. The number of anilines is 1. The van der Waals surface area contributed by atoms with E-state index in [0.29, 0.717) is 11.6 Å². The van der Waals surface area contributed by atoms with Crippen LogP contribution in [0.2, 0.25) is 5.02 Å². The summed E-state index contributed by atoms with van der Waals surface area (Å²) in [6, 6.07) is 7.66. The Balaban J connectivity index is 2.13. The summed E-state index contributed by atoms with van der Waals surface area (Å²) in [6.07, 6.45) is 3.36. The number of aromatic nitrogens is 1. The molecule has 0 aliphatic rings. The number of methoxy groups -OCH3 is 1. The molecule has 5 heteroatoms. The highest BCUT2D eigenvalue weighted by atomic mass is 79.9. The van der Waals surface area contributed by atoms with Crippen molar-refractivity contribution in [2.75, 3.05) is 12.4 Å². The molecule has 0 amide bonds. The molecule has 0 saturated carbocycles. The van der Waals surface area contributed by atoms with E-state index in [2.05, 4.69) is 26.2 Å². The van der Waals surface area contributed by atoms with Crippen LogP contribution in [0.15, 0.2) is 41.1 Å². The van der Waals surface area contributed by atoms with Gasteiger partial charge in [0, 0.05) is 29.5 Å². The van der Waals surface area contributed by atoms with E-state index in [1.54, 1.807) is 19.5 Å². The van der Waals surface area contributed by atoms with Crippen molar-refractivity contribution in [2.24, 2.45) is 0 Å². The predicted molar refractivity (Wildman–Crippen MR) is 77.3 cm³/mol. The molecule has 0 aliphatic carbocycles. The first kappa shape index (κ1) is 13.2. The summed E-state index contributed by atoms with van der Waals surface area (Å²) in [5.41, 5.74) is 1.96. The van der Waals surface area contributed by atoms with E-state index in [-0.39, 0.29) is 0 Å². The molecule has 0 atom stereocenters. The molecule has 0 radical (unpaired) electrons. The van der Waals surface area contributed by atoms with Gasteiger partial charge in [-0.1, -0.05) is 11.6 Å². The third kappa shape index (κ3) is 3.15. The number of hydrogen-bond acceptors (Lipinski definition) is 3. The molecule has 0 spiro atoms. The van der Waals surface area contributed by atoms with Gasteiger partial charge in [-0.05, 0) is 39.7 Å². The highest BCUT2D eigenvalue weighted by molar-refractivity contribution is 9.10. The fraction of sp³-hybridized carbons (Fsp3) is 0.154. The van der Waals surface area contributed by atoms with Crippen molar-refractivity contribution in [1.29, 1.82) is 0 Å². The SMILES string of the molecule is COc1ccc(Br)c(NCc2ccncc2Cl)c1. The Morgan fingerprint density at radius 1 is 1.39 bits per heavy atom. The summed E-state index contributed by atoms with van der Waals surface area (Å²) in [7, 11) is 1.65. The van der Waals surface area contributed by atoms with Gasteiger partial charge in [-0.15, -0.1) is 0 Å². The summed E-state index contributed by atoms with van der Waals surface area (Å²) in [6.45, 7) is 0.632. The number of rotatable bonds is 4. The van der Waals surface area contributed by atoms with Crippen LogP contribution in [0.25, 0.3) is 0 Å². The van der Waals surface area contributed by atoms with Gasteiger partial charge in [0.15, 0.2) is 0 Å². The van der Waals surface area contributed by atoms with E-state index in [1.807, 2.05) is 24.3 Å². The topological polar surface area (TPSA) is 34.1 Å². The number of benzene rings is 1. The zero-order valence-corrected chi connectivity index (χ0v) is 12.1. The van der Waals surface area contributed by atoms with Gasteiger partial charge in [0.05, 0.1) is 17.8 Å². The van der Waals surface area contributed by atoms with Crippen molar-refractivity contribution < 1.29 is 4.74 Å². The fourth-order valence-electron chi connectivity index (χ4n) is 1.50. The summed E-state index contributed by atoms with van der Waals surface area (Å²) >= 11 is 9.54. The molecule has 1 aromatic heterocycles. The van der Waals surface area contributed by atoms with Gasteiger partial charge >= 0.3 is 0 Å². The second-order valence-corrected chi connectivity index (χ2v) is 4.93. The van der Waals surface area contributed by atoms with Crippen molar-refractivity contribution in [3.8, 4) is 5.75 Å². The van der Waals surface area contributed by atoms with Crippen LogP contribution >= 0.6 is 27.5 Å². The lowest BCUT2D eigenvalue weighted by Crippen LogP contribution is -2.01. The molecule has 2 rings (SSSR count). The Labute approximate surface area is 119 Å². The molecule has 0 unspecified atom stereocenters. The number of nitrogens with one attached hydrogen (secondary N) is 1. The Morgan fingerprint density at radius 2 is 2.22 bits per heavy atom. The first-order chi connectivity index (χ1) is 8.70. The first-order valence-corrected chi connectivity index (χ1v) is 6.53. The zero-order valence-electron chi connectivity index (χ0n) is 9.78. The fourth-order valence-corrected chi connectivity index (χ4v) is 2.08. The molecular formula is C13H12BrClN2O. The minimum atomic E-state index is 0.632. The Morgan fingerprint density at radius 3 is 2.94 bits per heavy atom. The molecule has 1 N–H and O–H groups in total. The second-order valence-electron chi connectivity index (χ2n) is 3.67. The number of hydrogen-bond donors (Lipinski definition) is 1. The second kappa shape index (κ2) is 6.07. The Hall–Kier alpha value is -1.26. The van der Waals surface area contributed by atoms with Gasteiger partial charge < -0.3 is 10.1 Å². The van der Waals surface area contributed by atoms with Gasteiger partial charge in [0.2, 0.25) is 0 Å². The monoisotopic (exact) mass is 326 g/mol. The molecule has 94 valence electrons. The van der Waals surface area contributed by atoms with Gasteiger partial charge in [0.25, 0.3) is 0 Å². The van der Waals surface area contributed by atoms with Crippen LogP contribution in [0.3, 0.4) is 0 Å². The largest absolute Gasteiger partial charge is 0.497 e. The normalized spacial score (nSPS) is 10.2. The van der Waals surface area contributed by atoms with Crippen LogP contribution < -0.4 is 10.1 Å². The van der Waals surface area contributed by atoms with Crippen LogP contribution in [-0.4, -0.2) is 12.1 Å². The van der Waals surface area contributed by atoms with Crippen LogP contribution in [-0.2, 0) is 6.54 Å². The molecule has 0 saturated heterocycles. The van der Waals surface area contributed by atoms with E-state index in [0.717, 1.165) is 21.5 Å². The van der Waals surface area contributed by atoms with Crippen LogP contribution in [0.5, 0.6) is 5.75 Å². The van der Waals surface area contributed by atoms with E-state index in [1.165, 1.54) is 0 Å². The predicted octanol–water partition coefficient (Wildman–Crippen LogP) is 4.12. The van der Waals surface area contributed by atoms with Gasteiger partial charge in [-0.2, -0.15) is 0 Å². The molecule has 0 fully saturated rings. The van der Waals surface area contributed by atoms with Gasteiger partial charge in [-0.3, -0.25) is 4.98 Å². The average molecular weight is 328 g/mol. The van der Waals surface area contributed by atoms with Gasteiger partial charge in [-0.25, -0.2) is 0 Å². The smallest absolute Gasteiger partial charge is 0.121 e. The maximum absolute atomic E-state index is 6.05. The molecule has 3 nitrogen and oxygen atoms in total. The number of halogens is 2. The lowest BCUT2D eigenvalue weighted by molar-refractivity contribution is 0.415. The highest BCUT2D eigenvalue weighted by Gasteiger charge is 2.04. The Kier molecular flexibility index (Phi) is 4.44. The average Bonchev–Trinajstić information content (AvgIpc) is 2.39. The summed E-state index contributed by atoms with van der Waals surface area (Å²) in [5.74, 6) is 0.807. The van der Waals surface area contributed by atoms with Crippen LogP contribution in [0, 0.1) is 0 Å². The quantitative estimate of drug-likeness (QED) is 0.917. The standard InChI is InChI=1S/C13H12BrClN2O/c1-18-10-2-3-11(14)13(6-10)17-7-9-4-5-16-8-12(9)15/h2-6,8,17H,7H2,1H3. The number of nitrogens with zero attached hydrogens (tertiary/aromatic N) is 1. The summed E-state index contributed by atoms with van der Waals surface area (Å²) in [5, 5.41) is 3.96. The van der Waals surface area contributed by atoms with Crippen molar-refractivity contribution >= 4 is 33.2 Å². The summed E-state index contributed by atoms with van der Waals surface area (Å²) in [4.78, 5) is 3.96. The van der Waals surface area contributed by atoms with Crippen LogP contribution in [0.4, 0.5) is 5.69 Å². The molecular weight excluding hydrogens is 316 g/mol. The van der Waals surface area contributed by atoms with Gasteiger partial charge in [0.1, 0.15) is 5.75 Å². The molecule has 18 heavy (non-hydrogen) atoms. The summed E-state index contributed by atoms with van der Waals surface area (Å²) < 4.78 is 6.17. The number of pyridine rings is 1. The lowest BCUT2D eigenvalue weighted by Gasteiger charge is -2.11. The molecule has 0 aliphatic heterocycles. The number of ether oxygens (including phenoxy) is 1. The first-order valence-electron chi connectivity index (χ1n) is 5.36. The molecule has 1 aromatic carbocycles. The van der Waals surface area contributed by atoms with Crippen molar-refractivity contribution in [1.82, 2.24) is 4.98 Å². The van der Waals surface area contributed by atoms with Crippen molar-refractivity contribution in [3.05, 3.63) is 51.7 Å². The molecule has 0 bridgehead atoms. The van der Waals surface area contributed by atoms with E-state index in [4.69, 9.17) is 16.3 Å². The molecule has 1 heterocycles. The third-order valence-corrected chi connectivity index (χ3v) is 3.53. The lowest BCUT2D eigenvalue weighted by atomic mass is 10.2. The van der Waals surface area contributed by atoms with E-state index in [9.17, 15) is 0 Å². The van der Waals surface area contributed by atoms with E-state index < -0.39 is 0 Å². The van der Waals surface area contributed by atoms with Crippen LogP contribution in [0.1, 0.15) is 5.56 Å².